The number of nitrogens with zero attached hydrogens (tertiary/aromatic N) is 1. The van der Waals surface area contributed by atoms with Gasteiger partial charge in [-0.3, -0.25) is 0 Å². The van der Waals surface area contributed by atoms with Crippen molar-refractivity contribution in [3.05, 3.63) is 54.3 Å². The first-order valence-electron chi connectivity index (χ1n) is 9.99. The van der Waals surface area contributed by atoms with Crippen LogP contribution in [0.15, 0.2) is 48.5 Å². The van der Waals surface area contributed by atoms with Crippen molar-refractivity contribution in [2.24, 2.45) is 0 Å². The van der Waals surface area contributed by atoms with Gasteiger partial charge in [-0.1, -0.05) is 0 Å². The van der Waals surface area contributed by atoms with Gasteiger partial charge in [-0.05, 0) is 63.2 Å². The minimum atomic E-state index is -0.778. The summed E-state index contributed by atoms with van der Waals surface area (Å²) in [5.41, 5.74) is 2.59. The summed E-state index contributed by atoms with van der Waals surface area (Å²) >= 11 is 0. The van der Waals surface area contributed by atoms with E-state index in [1.165, 1.54) is 12.1 Å². The molecule has 0 spiro atoms. The number of hydrogen-bond donors (Lipinski definition) is 2. The maximum absolute atomic E-state index is 13.3. The summed E-state index contributed by atoms with van der Waals surface area (Å²) < 4.78 is 23.9. The third-order valence-corrected chi connectivity index (χ3v) is 4.46. The highest BCUT2D eigenvalue weighted by molar-refractivity contribution is 5.96. The fourth-order valence-corrected chi connectivity index (χ4v) is 3.01. The highest BCUT2D eigenvalue weighted by Crippen LogP contribution is 2.32. The summed E-state index contributed by atoms with van der Waals surface area (Å²) in [5.74, 6) is -0.232. The molecule has 8 heteroatoms. The van der Waals surface area contributed by atoms with E-state index in [2.05, 4.69) is 15.6 Å². The van der Waals surface area contributed by atoms with Gasteiger partial charge in [0.1, 0.15) is 17.6 Å². The van der Waals surface area contributed by atoms with Crippen LogP contribution in [0.2, 0.25) is 0 Å². The van der Waals surface area contributed by atoms with Gasteiger partial charge in [-0.25, -0.2) is 19.0 Å². The summed E-state index contributed by atoms with van der Waals surface area (Å²) in [4.78, 5) is 28.6. The van der Waals surface area contributed by atoms with E-state index in [-0.39, 0.29) is 12.4 Å². The van der Waals surface area contributed by atoms with Crippen molar-refractivity contribution in [2.75, 3.05) is 18.5 Å². The number of fused-ring (bicyclic) bond motifs is 1. The van der Waals surface area contributed by atoms with Gasteiger partial charge in [0, 0.05) is 22.7 Å². The number of carbonyl (C=O) groups is 2. The Morgan fingerprint density at radius 2 is 1.81 bits per heavy atom. The Kier molecular flexibility index (Phi) is 7.02. The van der Waals surface area contributed by atoms with Gasteiger partial charge < -0.3 is 20.1 Å². The Morgan fingerprint density at radius 1 is 1.06 bits per heavy atom. The van der Waals surface area contributed by atoms with E-state index < -0.39 is 18.0 Å². The number of esters is 1. The van der Waals surface area contributed by atoms with Crippen molar-refractivity contribution in [3.63, 3.8) is 0 Å². The largest absolute Gasteiger partial charge is 0.493 e. The summed E-state index contributed by atoms with van der Waals surface area (Å²) in [6, 6.07) is 11.8. The smallest absolute Gasteiger partial charge is 0.328 e. The molecule has 0 saturated heterocycles. The lowest BCUT2D eigenvalue weighted by molar-refractivity contribution is -0.144. The molecule has 1 atom stereocenters. The minimum absolute atomic E-state index is 0.240. The lowest BCUT2D eigenvalue weighted by atomic mass is 10.1. The second kappa shape index (κ2) is 9.88. The first-order chi connectivity index (χ1) is 14.9. The molecule has 0 saturated carbocycles. The van der Waals surface area contributed by atoms with E-state index in [0.717, 1.165) is 5.56 Å². The number of pyridine rings is 1. The number of halogens is 1. The van der Waals surface area contributed by atoms with Gasteiger partial charge in [0.05, 0.1) is 24.4 Å². The third-order valence-electron chi connectivity index (χ3n) is 4.46. The number of rotatable bonds is 7. The molecular weight excluding hydrogens is 401 g/mol. The molecule has 3 rings (SSSR count). The van der Waals surface area contributed by atoms with Gasteiger partial charge in [0.2, 0.25) is 0 Å². The van der Waals surface area contributed by atoms with Gasteiger partial charge in [0.25, 0.3) is 0 Å². The van der Waals surface area contributed by atoms with Gasteiger partial charge in [-0.2, -0.15) is 0 Å². The summed E-state index contributed by atoms with van der Waals surface area (Å²) in [6.45, 7) is 5.80. The van der Waals surface area contributed by atoms with Crippen LogP contribution in [0.4, 0.5) is 14.9 Å². The number of amides is 2. The van der Waals surface area contributed by atoms with Crippen molar-refractivity contribution < 1.29 is 23.5 Å². The number of hydrogen-bond acceptors (Lipinski definition) is 5. The zero-order valence-electron chi connectivity index (χ0n) is 17.6. The van der Waals surface area contributed by atoms with Crippen molar-refractivity contribution in [1.82, 2.24) is 10.3 Å². The van der Waals surface area contributed by atoms with Crippen LogP contribution in [0.3, 0.4) is 0 Å². The molecule has 0 fully saturated rings. The number of anilines is 1. The molecule has 1 heterocycles. The predicted molar refractivity (Wildman–Crippen MR) is 117 cm³/mol. The first kappa shape index (κ1) is 22.0. The Balaban J connectivity index is 1.86. The van der Waals surface area contributed by atoms with Gasteiger partial charge >= 0.3 is 12.0 Å². The molecule has 0 aliphatic heterocycles. The molecule has 162 valence electrons. The first-order valence-corrected chi connectivity index (χ1v) is 9.99. The molecule has 2 amide bonds. The minimum Gasteiger partial charge on any atom is -0.493 e. The van der Waals surface area contributed by atoms with Crippen molar-refractivity contribution >= 4 is 28.6 Å². The highest BCUT2D eigenvalue weighted by Gasteiger charge is 2.17. The maximum atomic E-state index is 13.3. The normalized spacial score (nSPS) is 11.6. The zero-order chi connectivity index (χ0) is 22.4. The maximum Gasteiger partial charge on any atom is 0.328 e. The quantitative estimate of drug-likeness (QED) is 0.544. The predicted octanol–water partition coefficient (Wildman–Crippen LogP) is 4.51. The Morgan fingerprint density at radius 3 is 2.48 bits per heavy atom. The zero-order valence-corrected chi connectivity index (χ0v) is 17.6. The highest BCUT2D eigenvalue weighted by atomic mass is 19.1. The Bertz CT molecular complexity index is 1090. The van der Waals surface area contributed by atoms with Crippen LogP contribution in [0.5, 0.6) is 5.75 Å². The van der Waals surface area contributed by atoms with E-state index in [0.29, 0.717) is 34.6 Å². The second-order valence-electron chi connectivity index (χ2n) is 6.75. The van der Waals surface area contributed by atoms with E-state index >= 15 is 0 Å². The van der Waals surface area contributed by atoms with Crippen molar-refractivity contribution in [3.8, 4) is 17.0 Å². The summed E-state index contributed by atoms with van der Waals surface area (Å²) in [7, 11) is 0. The molecule has 7 nitrogen and oxygen atoms in total. The SMILES string of the molecule is CCOC(=O)C(C)NC(=O)Nc1ccc2nc(-c3ccc(F)cc3)cc(OCC)c2c1. The third kappa shape index (κ3) is 5.48. The lowest BCUT2D eigenvalue weighted by Gasteiger charge is -2.15. The number of carbonyl (C=O) groups excluding carboxylic acids is 2. The van der Waals surface area contributed by atoms with Crippen LogP contribution in [-0.4, -0.2) is 36.2 Å². The standard InChI is InChI=1S/C23H24FN3O4/c1-4-30-21-13-20(15-6-8-16(24)9-7-15)27-19-11-10-17(12-18(19)21)26-23(29)25-14(3)22(28)31-5-2/h6-14H,4-5H2,1-3H3,(H2,25,26,29). The molecule has 2 N–H and O–H groups in total. The topological polar surface area (TPSA) is 89.5 Å². The van der Waals surface area contributed by atoms with Gasteiger partial charge in [0.15, 0.2) is 0 Å². The molecule has 31 heavy (non-hydrogen) atoms. The molecular formula is C23H24FN3O4. The fraction of sp³-hybridized carbons (Fsp3) is 0.261. The molecule has 1 unspecified atom stereocenters. The molecule has 1 aromatic heterocycles. The van der Waals surface area contributed by atoms with Crippen LogP contribution in [0.1, 0.15) is 20.8 Å². The van der Waals surface area contributed by atoms with Crippen LogP contribution >= 0.6 is 0 Å². The number of urea groups is 1. The lowest BCUT2D eigenvalue weighted by Crippen LogP contribution is -2.41. The number of aromatic nitrogens is 1. The van der Waals surface area contributed by atoms with Crippen molar-refractivity contribution in [2.45, 2.75) is 26.8 Å². The molecule has 0 aliphatic rings. The summed E-state index contributed by atoms with van der Waals surface area (Å²) in [6.07, 6.45) is 0. The van der Waals surface area contributed by atoms with Crippen LogP contribution in [-0.2, 0) is 9.53 Å². The van der Waals surface area contributed by atoms with E-state index in [1.54, 1.807) is 50.2 Å². The van der Waals surface area contributed by atoms with Crippen LogP contribution < -0.4 is 15.4 Å². The molecule has 0 radical (unpaired) electrons. The average Bonchev–Trinajstić information content (AvgIpc) is 2.74. The van der Waals surface area contributed by atoms with Crippen LogP contribution in [0, 0.1) is 5.82 Å². The van der Waals surface area contributed by atoms with E-state index in [4.69, 9.17) is 9.47 Å². The van der Waals surface area contributed by atoms with Gasteiger partial charge in [-0.15, -0.1) is 0 Å². The van der Waals surface area contributed by atoms with Crippen molar-refractivity contribution in [1.29, 1.82) is 0 Å². The number of benzene rings is 2. The second-order valence-corrected chi connectivity index (χ2v) is 6.75. The molecule has 2 aromatic carbocycles. The number of nitrogens with one attached hydrogen (secondary N) is 2. The number of ether oxygens (including phenoxy) is 2. The fourth-order valence-electron chi connectivity index (χ4n) is 3.01. The molecule has 0 aliphatic carbocycles. The Hall–Kier alpha value is -3.68. The van der Waals surface area contributed by atoms with Crippen LogP contribution in [0.25, 0.3) is 22.2 Å². The average molecular weight is 425 g/mol. The monoisotopic (exact) mass is 425 g/mol. The van der Waals surface area contributed by atoms with E-state index in [9.17, 15) is 14.0 Å². The van der Waals surface area contributed by atoms with E-state index in [1.807, 2.05) is 6.92 Å². The summed E-state index contributed by atoms with van der Waals surface area (Å²) in [5, 5.41) is 5.95. The Labute approximate surface area is 179 Å². The molecule has 0 bridgehead atoms. The molecule has 3 aromatic rings.